The molecule has 0 unspecified atom stereocenters. The Bertz CT molecular complexity index is 473. The Morgan fingerprint density at radius 3 is 2.00 bits per heavy atom. The van der Waals surface area contributed by atoms with E-state index < -0.39 is 11.9 Å². The molecule has 0 aromatic rings. The summed E-state index contributed by atoms with van der Waals surface area (Å²) in [5.41, 5.74) is 0.566. The van der Waals surface area contributed by atoms with E-state index in [9.17, 15) is 14.4 Å². The highest BCUT2D eigenvalue weighted by Crippen LogP contribution is 2.02. The third-order valence-corrected chi connectivity index (χ3v) is 2.35. The van der Waals surface area contributed by atoms with Gasteiger partial charge in [-0.25, -0.2) is 14.4 Å². The molecule has 130 valence electrons. The quantitative estimate of drug-likeness (QED) is 0.319. The van der Waals surface area contributed by atoms with Crippen molar-refractivity contribution in [2.75, 3.05) is 13.2 Å². The molecule has 0 aliphatic carbocycles. The maximum absolute atomic E-state index is 10.9. The van der Waals surface area contributed by atoms with Gasteiger partial charge in [0, 0.05) is 11.1 Å². The van der Waals surface area contributed by atoms with Gasteiger partial charge in [0.15, 0.2) is 0 Å². The number of carbonyl (C=O) groups excluding carboxylic acids is 2. The normalized spacial score (nSPS) is 10.0. The zero-order valence-electron chi connectivity index (χ0n) is 14.3. The van der Waals surface area contributed by atoms with Gasteiger partial charge in [-0.05, 0) is 33.3 Å². The Hall–Kier alpha value is -2.37. The molecule has 0 atom stereocenters. The van der Waals surface area contributed by atoms with E-state index in [0.717, 1.165) is 12.8 Å². The third-order valence-electron chi connectivity index (χ3n) is 2.35. The molecule has 0 fully saturated rings. The molecular formula is C17H26O6. The maximum Gasteiger partial charge on any atom is 0.337 e. The van der Waals surface area contributed by atoms with Crippen LogP contribution in [0.25, 0.3) is 0 Å². The lowest BCUT2D eigenvalue weighted by atomic mass is 10.2. The number of ether oxygens (including phenoxy) is 2. The lowest BCUT2D eigenvalue weighted by molar-refractivity contribution is -0.139. The summed E-state index contributed by atoms with van der Waals surface area (Å²) in [7, 11) is 0. The fourth-order valence-corrected chi connectivity index (χ4v) is 1.04. The van der Waals surface area contributed by atoms with Crippen LogP contribution in [-0.4, -0.2) is 36.2 Å². The van der Waals surface area contributed by atoms with Gasteiger partial charge in [-0.2, -0.15) is 0 Å². The largest absolute Gasteiger partial charge is 0.478 e. The van der Waals surface area contributed by atoms with Crippen LogP contribution in [0.4, 0.5) is 0 Å². The zero-order valence-corrected chi connectivity index (χ0v) is 14.3. The molecule has 0 saturated carbocycles. The smallest absolute Gasteiger partial charge is 0.337 e. The van der Waals surface area contributed by atoms with Crippen LogP contribution in [0, 0.1) is 0 Å². The van der Waals surface area contributed by atoms with Crippen molar-refractivity contribution in [1.82, 2.24) is 0 Å². The molecule has 0 aromatic carbocycles. The highest BCUT2D eigenvalue weighted by atomic mass is 16.5. The van der Waals surface area contributed by atoms with Crippen LogP contribution in [-0.2, 0) is 23.9 Å². The summed E-state index contributed by atoms with van der Waals surface area (Å²) < 4.78 is 9.41. The van der Waals surface area contributed by atoms with Gasteiger partial charge in [0.05, 0.1) is 18.8 Å². The van der Waals surface area contributed by atoms with Gasteiger partial charge in [-0.15, -0.1) is 0 Å². The van der Waals surface area contributed by atoms with E-state index in [1.54, 1.807) is 13.8 Å². The minimum atomic E-state index is -1.08. The Kier molecular flexibility index (Phi) is 13.2. The first-order chi connectivity index (χ1) is 10.7. The number of hydrogen-bond donors (Lipinski definition) is 1. The van der Waals surface area contributed by atoms with E-state index in [1.165, 1.54) is 13.0 Å². The monoisotopic (exact) mass is 326 g/mol. The average Bonchev–Trinajstić information content (AvgIpc) is 2.47. The molecule has 0 bridgehead atoms. The van der Waals surface area contributed by atoms with Crippen molar-refractivity contribution in [3.05, 3.63) is 36.0 Å². The summed E-state index contributed by atoms with van der Waals surface area (Å²) >= 11 is 0. The van der Waals surface area contributed by atoms with Gasteiger partial charge in [0.1, 0.15) is 0 Å². The SMILES string of the molecule is C=C(C)C(=O)OCCCC.C=C(C=C(C)C(=O)O)C(=O)OCC. The lowest BCUT2D eigenvalue weighted by Crippen LogP contribution is -2.06. The van der Waals surface area contributed by atoms with Crippen LogP contribution in [0.1, 0.15) is 40.5 Å². The Morgan fingerprint density at radius 2 is 1.61 bits per heavy atom. The van der Waals surface area contributed by atoms with Crippen molar-refractivity contribution in [2.24, 2.45) is 0 Å². The molecular weight excluding hydrogens is 300 g/mol. The molecule has 1 N–H and O–H groups in total. The second-order valence-electron chi connectivity index (χ2n) is 4.65. The summed E-state index contributed by atoms with van der Waals surface area (Å²) in [6, 6.07) is 0. The second kappa shape index (κ2) is 13.3. The Labute approximate surface area is 137 Å². The minimum Gasteiger partial charge on any atom is -0.478 e. The summed E-state index contributed by atoms with van der Waals surface area (Å²) in [6.45, 7) is 14.3. The van der Waals surface area contributed by atoms with Gasteiger partial charge in [0.25, 0.3) is 0 Å². The van der Waals surface area contributed by atoms with Gasteiger partial charge in [0.2, 0.25) is 0 Å². The average molecular weight is 326 g/mol. The van der Waals surface area contributed by atoms with Crippen molar-refractivity contribution in [1.29, 1.82) is 0 Å². The van der Waals surface area contributed by atoms with E-state index in [0.29, 0.717) is 12.2 Å². The number of carbonyl (C=O) groups is 3. The molecule has 6 nitrogen and oxygen atoms in total. The van der Waals surface area contributed by atoms with Crippen LogP contribution in [0.5, 0.6) is 0 Å². The van der Waals surface area contributed by atoms with Gasteiger partial charge in [-0.1, -0.05) is 26.5 Å². The van der Waals surface area contributed by atoms with Crippen molar-refractivity contribution < 1.29 is 29.0 Å². The van der Waals surface area contributed by atoms with Crippen molar-refractivity contribution in [3.8, 4) is 0 Å². The molecule has 0 heterocycles. The highest BCUT2D eigenvalue weighted by molar-refractivity contribution is 5.94. The van der Waals surface area contributed by atoms with E-state index in [-0.39, 0.29) is 23.7 Å². The fourth-order valence-electron chi connectivity index (χ4n) is 1.04. The van der Waals surface area contributed by atoms with Crippen LogP contribution >= 0.6 is 0 Å². The zero-order chi connectivity index (χ0) is 18.4. The molecule has 0 aromatic heterocycles. The van der Waals surface area contributed by atoms with E-state index in [1.807, 2.05) is 0 Å². The fraction of sp³-hybridized carbons (Fsp3) is 0.471. The van der Waals surface area contributed by atoms with Crippen LogP contribution in [0.2, 0.25) is 0 Å². The van der Waals surface area contributed by atoms with Crippen LogP contribution < -0.4 is 0 Å². The van der Waals surface area contributed by atoms with Crippen molar-refractivity contribution in [2.45, 2.75) is 40.5 Å². The van der Waals surface area contributed by atoms with Crippen molar-refractivity contribution >= 4 is 17.9 Å². The molecule has 0 rings (SSSR count). The molecule has 0 saturated heterocycles. The predicted molar refractivity (Wildman–Crippen MR) is 87.8 cm³/mol. The maximum atomic E-state index is 10.9. The molecule has 0 amide bonds. The topological polar surface area (TPSA) is 89.9 Å². The first-order valence-electron chi connectivity index (χ1n) is 7.27. The number of esters is 2. The number of carboxylic acid groups (broad SMARTS) is 1. The predicted octanol–water partition coefficient (Wildman–Crippen LogP) is 3.04. The first kappa shape index (κ1) is 22.9. The molecule has 0 aliphatic rings. The Balaban J connectivity index is 0. The second-order valence-corrected chi connectivity index (χ2v) is 4.65. The molecule has 0 radical (unpaired) electrons. The standard InChI is InChI=1S/C9H12O4.C8H14O2/c1-4-13-9(12)7(3)5-6(2)8(10)11;1-4-5-6-10-8(9)7(2)3/h5H,3-4H2,1-2H3,(H,10,11);2,4-6H2,1,3H3. The van der Waals surface area contributed by atoms with Crippen LogP contribution in [0.15, 0.2) is 36.0 Å². The van der Waals surface area contributed by atoms with Gasteiger partial charge in [-0.3, -0.25) is 0 Å². The third kappa shape index (κ3) is 13.0. The first-order valence-corrected chi connectivity index (χ1v) is 7.27. The number of aliphatic carboxylic acids is 1. The molecule has 23 heavy (non-hydrogen) atoms. The number of unbranched alkanes of at least 4 members (excludes halogenated alkanes) is 1. The molecule has 0 spiro atoms. The van der Waals surface area contributed by atoms with E-state index >= 15 is 0 Å². The summed E-state index contributed by atoms with van der Waals surface area (Å²) in [6.07, 6.45) is 3.16. The molecule has 0 aliphatic heterocycles. The highest BCUT2D eigenvalue weighted by Gasteiger charge is 2.07. The number of rotatable bonds is 8. The summed E-state index contributed by atoms with van der Waals surface area (Å²) in [5, 5.41) is 8.48. The minimum absolute atomic E-state index is 0.0433. The van der Waals surface area contributed by atoms with Crippen LogP contribution in [0.3, 0.4) is 0 Å². The van der Waals surface area contributed by atoms with E-state index in [2.05, 4.69) is 24.8 Å². The van der Waals surface area contributed by atoms with Crippen molar-refractivity contribution in [3.63, 3.8) is 0 Å². The lowest BCUT2D eigenvalue weighted by Gasteiger charge is -2.01. The summed E-state index contributed by atoms with van der Waals surface area (Å²) in [4.78, 5) is 32.0. The van der Waals surface area contributed by atoms with E-state index in [4.69, 9.17) is 9.84 Å². The van der Waals surface area contributed by atoms with Gasteiger partial charge < -0.3 is 14.6 Å². The molecule has 6 heteroatoms. The number of carboxylic acids is 1. The number of hydrogen-bond acceptors (Lipinski definition) is 5. The van der Waals surface area contributed by atoms with Gasteiger partial charge >= 0.3 is 17.9 Å². The summed E-state index contributed by atoms with van der Waals surface area (Å²) in [5.74, 6) is -1.96. The Morgan fingerprint density at radius 1 is 1.04 bits per heavy atom.